The van der Waals surface area contributed by atoms with E-state index in [0.717, 1.165) is 32.0 Å². The van der Waals surface area contributed by atoms with Crippen LogP contribution in [-0.4, -0.2) is 50.1 Å². The number of hydrogen-bond acceptors (Lipinski definition) is 4. The number of aromatic carboxylic acids is 1. The lowest BCUT2D eigenvalue weighted by Crippen LogP contribution is -2.45. The first-order valence-electron chi connectivity index (χ1n) is 8.09. The van der Waals surface area contributed by atoms with Gasteiger partial charge in [-0.15, -0.1) is 0 Å². The van der Waals surface area contributed by atoms with Crippen LogP contribution in [0.5, 0.6) is 0 Å². The second kappa shape index (κ2) is 7.99. The maximum Gasteiger partial charge on any atom is 0.337 e. The molecule has 0 radical (unpaired) electrons. The summed E-state index contributed by atoms with van der Waals surface area (Å²) in [6, 6.07) is 1.45. The highest BCUT2D eigenvalue weighted by Gasteiger charge is 2.28. The fourth-order valence-corrected chi connectivity index (χ4v) is 4.40. The van der Waals surface area contributed by atoms with Gasteiger partial charge < -0.3 is 5.11 Å². The van der Waals surface area contributed by atoms with Crippen LogP contribution in [0.15, 0.2) is 17.0 Å². The summed E-state index contributed by atoms with van der Waals surface area (Å²) in [6.07, 6.45) is 2.15. The number of benzene rings is 1. The number of carboxylic acid groups (broad SMARTS) is 1. The smallest absolute Gasteiger partial charge is 0.337 e. The largest absolute Gasteiger partial charge is 0.478 e. The van der Waals surface area contributed by atoms with E-state index in [9.17, 15) is 17.6 Å². The summed E-state index contributed by atoms with van der Waals surface area (Å²) in [5.41, 5.74) is -0.455. The van der Waals surface area contributed by atoms with Gasteiger partial charge in [0.1, 0.15) is 10.7 Å². The summed E-state index contributed by atoms with van der Waals surface area (Å²) >= 11 is 5.66. The molecular formula is C16H22ClFN2O4S. The summed E-state index contributed by atoms with van der Waals surface area (Å²) in [7, 11) is -4.20. The van der Waals surface area contributed by atoms with Crippen molar-refractivity contribution >= 4 is 27.6 Å². The number of halogens is 2. The van der Waals surface area contributed by atoms with Gasteiger partial charge in [-0.2, -0.15) is 0 Å². The first-order valence-corrected chi connectivity index (χ1v) is 9.95. The van der Waals surface area contributed by atoms with Crippen molar-refractivity contribution < 1.29 is 22.7 Å². The Labute approximate surface area is 152 Å². The molecule has 1 aromatic rings. The molecule has 0 unspecified atom stereocenters. The maximum absolute atomic E-state index is 14.1. The second-order valence-corrected chi connectivity index (χ2v) is 8.62. The molecular weight excluding hydrogens is 371 g/mol. The highest BCUT2D eigenvalue weighted by atomic mass is 35.5. The van der Waals surface area contributed by atoms with Crippen molar-refractivity contribution in [1.82, 2.24) is 9.62 Å². The maximum atomic E-state index is 14.1. The van der Waals surface area contributed by atoms with E-state index in [2.05, 4.69) is 9.62 Å². The number of rotatable bonds is 7. The van der Waals surface area contributed by atoms with Crippen LogP contribution in [0.1, 0.15) is 37.0 Å². The topological polar surface area (TPSA) is 86.7 Å². The minimum Gasteiger partial charge on any atom is -0.478 e. The third kappa shape index (κ3) is 4.69. The summed E-state index contributed by atoms with van der Waals surface area (Å²) in [6.45, 7) is 5.95. The Kier molecular flexibility index (Phi) is 6.42. The number of nitrogens with zero attached hydrogens (tertiary/aromatic N) is 1. The normalized spacial score (nSPS) is 17.2. The lowest BCUT2D eigenvalue weighted by Gasteiger charge is -2.30. The highest BCUT2D eigenvalue weighted by molar-refractivity contribution is 7.89. The number of sulfonamides is 1. The van der Waals surface area contributed by atoms with Crippen LogP contribution in [-0.2, 0) is 10.0 Å². The first kappa shape index (κ1) is 20.1. The van der Waals surface area contributed by atoms with Crippen LogP contribution in [0.3, 0.4) is 0 Å². The lowest BCUT2D eigenvalue weighted by molar-refractivity contribution is 0.0696. The molecule has 2 N–H and O–H groups in total. The lowest BCUT2D eigenvalue weighted by atomic mass is 10.0. The molecule has 9 heteroatoms. The van der Waals surface area contributed by atoms with Crippen LogP contribution in [0.4, 0.5) is 4.39 Å². The standard InChI is InChI=1S/C16H22ClFN2O4S/c1-10(2)14(20-5-3-4-6-20)9-19-25(23,24)15-7-11(16(21)22)12(17)8-13(15)18/h7-8,10,14,19H,3-6,9H2,1-2H3,(H,21,22)/t14-/m1/s1. The van der Waals surface area contributed by atoms with Crippen LogP contribution < -0.4 is 4.72 Å². The van der Waals surface area contributed by atoms with Crippen LogP contribution >= 0.6 is 11.6 Å². The molecule has 2 rings (SSSR count). The highest BCUT2D eigenvalue weighted by Crippen LogP contribution is 2.24. The zero-order valence-electron chi connectivity index (χ0n) is 14.1. The number of nitrogens with one attached hydrogen (secondary N) is 1. The Bertz CT molecular complexity index is 749. The van der Waals surface area contributed by atoms with Gasteiger partial charge in [0.25, 0.3) is 0 Å². The van der Waals surface area contributed by atoms with Gasteiger partial charge in [0.15, 0.2) is 0 Å². The summed E-state index contributed by atoms with van der Waals surface area (Å²) in [5, 5.41) is 8.71. The fourth-order valence-electron chi connectivity index (χ4n) is 3.03. The summed E-state index contributed by atoms with van der Waals surface area (Å²) in [5.74, 6) is -2.28. The van der Waals surface area contributed by atoms with E-state index in [1.54, 1.807) is 0 Å². The Morgan fingerprint density at radius 1 is 1.36 bits per heavy atom. The number of hydrogen-bond donors (Lipinski definition) is 2. The average Bonchev–Trinajstić information content (AvgIpc) is 3.00. The molecule has 25 heavy (non-hydrogen) atoms. The molecule has 0 saturated carbocycles. The minimum absolute atomic E-state index is 0.00780. The molecule has 1 saturated heterocycles. The zero-order chi connectivity index (χ0) is 18.8. The van der Waals surface area contributed by atoms with E-state index >= 15 is 0 Å². The molecule has 0 spiro atoms. The number of carboxylic acids is 1. The molecule has 1 atom stereocenters. The van der Waals surface area contributed by atoms with Crippen molar-refractivity contribution in [3.05, 3.63) is 28.5 Å². The Morgan fingerprint density at radius 2 is 1.96 bits per heavy atom. The predicted molar refractivity (Wildman–Crippen MR) is 93.0 cm³/mol. The molecule has 6 nitrogen and oxygen atoms in total. The SMILES string of the molecule is CC(C)[C@@H](CNS(=O)(=O)c1cc(C(=O)O)c(Cl)cc1F)N1CCCC1. The van der Waals surface area contributed by atoms with Gasteiger partial charge in [0, 0.05) is 12.6 Å². The zero-order valence-corrected chi connectivity index (χ0v) is 15.7. The second-order valence-electron chi connectivity index (χ2n) is 6.47. The average molecular weight is 393 g/mol. The molecule has 0 amide bonds. The Morgan fingerprint density at radius 3 is 2.48 bits per heavy atom. The van der Waals surface area contributed by atoms with Crippen molar-refractivity contribution in [3.63, 3.8) is 0 Å². The summed E-state index contributed by atoms with van der Waals surface area (Å²) < 4.78 is 41.4. The van der Waals surface area contributed by atoms with Gasteiger partial charge in [-0.25, -0.2) is 22.3 Å². The van der Waals surface area contributed by atoms with E-state index in [4.69, 9.17) is 16.7 Å². The molecule has 0 aliphatic carbocycles. The molecule has 140 valence electrons. The van der Waals surface area contributed by atoms with Crippen molar-refractivity contribution in [2.75, 3.05) is 19.6 Å². The van der Waals surface area contributed by atoms with Gasteiger partial charge >= 0.3 is 5.97 Å². The van der Waals surface area contributed by atoms with Crippen LogP contribution in [0.2, 0.25) is 5.02 Å². The number of likely N-dealkylation sites (tertiary alicyclic amines) is 1. The third-order valence-corrected chi connectivity index (χ3v) is 6.15. The van der Waals surface area contributed by atoms with Crippen LogP contribution in [0, 0.1) is 11.7 Å². The van der Waals surface area contributed by atoms with E-state index in [1.165, 1.54) is 0 Å². The van der Waals surface area contributed by atoms with Gasteiger partial charge in [0.2, 0.25) is 10.0 Å². The molecule has 1 aliphatic heterocycles. The van der Waals surface area contributed by atoms with E-state index in [1.807, 2.05) is 13.8 Å². The third-order valence-electron chi connectivity index (χ3n) is 4.40. The van der Waals surface area contributed by atoms with Crippen LogP contribution in [0.25, 0.3) is 0 Å². The number of carbonyl (C=O) groups is 1. The molecule has 1 fully saturated rings. The van der Waals surface area contributed by atoms with Gasteiger partial charge in [-0.1, -0.05) is 25.4 Å². The van der Waals surface area contributed by atoms with Crippen molar-refractivity contribution in [1.29, 1.82) is 0 Å². The molecule has 1 heterocycles. The van der Waals surface area contributed by atoms with E-state index in [0.29, 0.717) is 6.07 Å². The Hall–Kier alpha value is -1.22. The van der Waals surface area contributed by atoms with Gasteiger partial charge in [-0.3, -0.25) is 4.90 Å². The molecule has 1 aliphatic rings. The van der Waals surface area contributed by atoms with E-state index < -0.39 is 32.3 Å². The molecule has 0 aromatic heterocycles. The fraction of sp³-hybridized carbons (Fsp3) is 0.562. The minimum atomic E-state index is -4.20. The predicted octanol–water partition coefficient (Wildman–Crippen LogP) is 2.58. The van der Waals surface area contributed by atoms with Gasteiger partial charge in [0.05, 0.1) is 10.6 Å². The quantitative estimate of drug-likeness (QED) is 0.744. The van der Waals surface area contributed by atoms with Crippen molar-refractivity contribution in [2.45, 2.75) is 37.6 Å². The Balaban J connectivity index is 2.23. The summed E-state index contributed by atoms with van der Waals surface area (Å²) in [4.78, 5) is 12.6. The first-order chi connectivity index (χ1) is 11.6. The van der Waals surface area contributed by atoms with E-state index in [-0.39, 0.29) is 23.5 Å². The van der Waals surface area contributed by atoms with Crippen molar-refractivity contribution in [3.8, 4) is 0 Å². The monoisotopic (exact) mass is 392 g/mol. The molecule has 1 aromatic carbocycles. The van der Waals surface area contributed by atoms with Crippen molar-refractivity contribution in [2.24, 2.45) is 5.92 Å². The molecule has 0 bridgehead atoms. The van der Waals surface area contributed by atoms with Gasteiger partial charge in [-0.05, 0) is 44.0 Å².